The Hall–Kier alpha value is -1.53. The molecule has 2 heterocycles. The molecule has 1 saturated heterocycles. The molecule has 21 heavy (non-hydrogen) atoms. The van der Waals surface area contributed by atoms with Crippen LogP contribution in [0.3, 0.4) is 0 Å². The van der Waals surface area contributed by atoms with Crippen molar-refractivity contribution < 1.29 is 9.90 Å². The van der Waals surface area contributed by atoms with Crippen LogP contribution in [0.1, 0.15) is 42.6 Å². The average molecular weight is 290 g/mol. The zero-order chi connectivity index (χ0) is 14.7. The molecule has 0 unspecified atom stereocenters. The number of nitrogens with one attached hydrogen (secondary N) is 1. The molecule has 0 radical (unpaired) electrons. The maximum atomic E-state index is 12.2. The van der Waals surface area contributed by atoms with Crippen LogP contribution in [0.25, 0.3) is 0 Å². The summed E-state index contributed by atoms with van der Waals surface area (Å²) in [5.74, 6) is -0.233. The highest BCUT2D eigenvalue weighted by Crippen LogP contribution is 2.26. The van der Waals surface area contributed by atoms with Crippen LogP contribution in [0, 0.1) is 0 Å². The van der Waals surface area contributed by atoms with E-state index in [0.717, 1.165) is 32.4 Å². The zero-order valence-corrected chi connectivity index (χ0v) is 12.1. The molecule has 0 spiro atoms. The third-order valence-corrected chi connectivity index (χ3v) is 4.56. The molecule has 114 valence electrons. The molecule has 1 aliphatic heterocycles. The molecular weight excluding hydrogens is 268 g/mol. The van der Waals surface area contributed by atoms with Gasteiger partial charge in [-0.2, -0.15) is 0 Å². The fourth-order valence-corrected chi connectivity index (χ4v) is 3.45. The first-order valence-electron chi connectivity index (χ1n) is 7.75. The van der Waals surface area contributed by atoms with Gasteiger partial charge in [-0.3, -0.25) is 9.69 Å². The number of amides is 1. The van der Waals surface area contributed by atoms with Crippen LogP contribution >= 0.6 is 0 Å². The van der Waals surface area contributed by atoms with Crippen LogP contribution in [-0.2, 0) is 0 Å². The smallest absolute Gasteiger partial charge is 0.270 e. The number of aromatic nitrogens is 2. The Balaban J connectivity index is 1.63. The molecule has 0 aromatic carbocycles. The van der Waals surface area contributed by atoms with Crippen molar-refractivity contribution in [3.05, 3.63) is 24.3 Å². The van der Waals surface area contributed by atoms with Crippen molar-refractivity contribution in [3.63, 3.8) is 0 Å². The first-order valence-corrected chi connectivity index (χ1v) is 7.75. The molecule has 6 heteroatoms. The van der Waals surface area contributed by atoms with Gasteiger partial charge in [-0.05, 0) is 51.3 Å². The van der Waals surface area contributed by atoms with Crippen molar-refractivity contribution in [1.82, 2.24) is 20.2 Å². The van der Waals surface area contributed by atoms with E-state index in [1.807, 2.05) is 0 Å². The molecule has 1 saturated carbocycles. The Kier molecular flexibility index (Phi) is 4.45. The van der Waals surface area contributed by atoms with E-state index in [1.54, 1.807) is 12.3 Å². The number of likely N-dealkylation sites (tertiary alicyclic amines) is 1. The molecule has 1 aromatic rings. The van der Waals surface area contributed by atoms with Crippen LogP contribution in [0.4, 0.5) is 0 Å². The van der Waals surface area contributed by atoms with Gasteiger partial charge in [0.2, 0.25) is 0 Å². The van der Waals surface area contributed by atoms with E-state index in [4.69, 9.17) is 0 Å². The molecule has 2 fully saturated rings. The number of hydrogen-bond donors (Lipinski definition) is 2. The minimum atomic E-state index is -0.498. The predicted molar refractivity (Wildman–Crippen MR) is 77.7 cm³/mol. The predicted octanol–water partition coefficient (Wildman–Crippen LogP) is 0.584. The quantitative estimate of drug-likeness (QED) is 0.851. The van der Waals surface area contributed by atoms with Crippen LogP contribution < -0.4 is 5.32 Å². The third-order valence-electron chi connectivity index (χ3n) is 4.56. The van der Waals surface area contributed by atoms with Gasteiger partial charge in [0.05, 0.1) is 12.1 Å². The normalized spacial score (nSPS) is 30.2. The van der Waals surface area contributed by atoms with Crippen molar-refractivity contribution in [2.75, 3.05) is 13.1 Å². The van der Waals surface area contributed by atoms with E-state index in [2.05, 4.69) is 20.2 Å². The summed E-state index contributed by atoms with van der Waals surface area (Å²) >= 11 is 0. The largest absolute Gasteiger partial charge is 0.389 e. The number of rotatable bonds is 3. The zero-order valence-electron chi connectivity index (χ0n) is 12.1. The van der Waals surface area contributed by atoms with E-state index in [9.17, 15) is 9.90 Å². The maximum Gasteiger partial charge on any atom is 0.270 e. The maximum absolute atomic E-state index is 12.2. The number of nitrogens with zero attached hydrogens (tertiary/aromatic N) is 3. The Morgan fingerprint density at radius 2 is 2.10 bits per heavy atom. The molecular formula is C15H22N4O2. The summed E-state index contributed by atoms with van der Waals surface area (Å²) in [6, 6.07) is 1.58. The average Bonchev–Trinajstić information content (AvgIpc) is 3.04. The SMILES string of the molecule is O=C(N[C@@H]1CCC[C@@H](N2CCCC2)[C@@H]1O)c1ccncn1. The number of aliphatic hydroxyl groups is 1. The second-order valence-electron chi connectivity index (χ2n) is 5.91. The minimum absolute atomic E-state index is 0.178. The lowest BCUT2D eigenvalue weighted by Crippen LogP contribution is -2.56. The summed E-state index contributed by atoms with van der Waals surface area (Å²) in [5, 5.41) is 13.5. The number of carbonyl (C=O) groups excluding carboxylic acids is 1. The number of hydrogen-bond acceptors (Lipinski definition) is 5. The van der Waals surface area contributed by atoms with Gasteiger partial charge in [-0.15, -0.1) is 0 Å². The minimum Gasteiger partial charge on any atom is -0.389 e. The second kappa shape index (κ2) is 6.49. The molecule has 6 nitrogen and oxygen atoms in total. The van der Waals surface area contributed by atoms with Gasteiger partial charge in [-0.25, -0.2) is 9.97 Å². The van der Waals surface area contributed by atoms with E-state index >= 15 is 0 Å². The summed E-state index contributed by atoms with van der Waals surface area (Å²) < 4.78 is 0. The van der Waals surface area contributed by atoms with Crippen LogP contribution in [0.2, 0.25) is 0 Å². The molecule has 0 bridgehead atoms. The Bertz CT molecular complexity index is 476. The van der Waals surface area contributed by atoms with Gasteiger partial charge < -0.3 is 10.4 Å². The van der Waals surface area contributed by atoms with Gasteiger partial charge in [0, 0.05) is 12.2 Å². The Morgan fingerprint density at radius 1 is 1.29 bits per heavy atom. The lowest BCUT2D eigenvalue weighted by Gasteiger charge is -2.40. The summed E-state index contributed by atoms with van der Waals surface area (Å²) in [5.41, 5.74) is 0.348. The highest BCUT2D eigenvalue weighted by atomic mass is 16.3. The Morgan fingerprint density at radius 3 is 2.81 bits per heavy atom. The Labute approximate surface area is 124 Å². The van der Waals surface area contributed by atoms with Crippen LogP contribution in [0.15, 0.2) is 18.6 Å². The van der Waals surface area contributed by atoms with Gasteiger partial charge in [-0.1, -0.05) is 0 Å². The summed E-state index contributed by atoms with van der Waals surface area (Å²) in [6.07, 6.45) is 7.70. The molecule has 1 aliphatic carbocycles. The number of aliphatic hydroxyl groups excluding tert-OH is 1. The lowest BCUT2D eigenvalue weighted by molar-refractivity contribution is 0.00697. The highest BCUT2D eigenvalue weighted by Gasteiger charge is 2.37. The molecule has 1 amide bonds. The fraction of sp³-hybridized carbons (Fsp3) is 0.667. The van der Waals surface area contributed by atoms with Crippen molar-refractivity contribution in [2.45, 2.75) is 50.3 Å². The van der Waals surface area contributed by atoms with Gasteiger partial charge in [0.25, 0.3) is 5.91 Å². The molecule has 3 rings (SSSR count). The summed E-state index contributed by atoms with van der Waals surface area (Å²) in [7, 11) is 0. The van der Waals surface area contributed by atoms with Crippen molar-refractivity contribution >= 4 is 5.91 Å². The van der Waals surface area contributed by atoms with Crippen molar-refractivity contribution in [1.29, 1.82) is 0 Å². The van der Waals surface area contributed by atoms with Crippen LogP contribution in [-0.4, -0.2) is 57.2 Å². The number of carbonyl (C=O) groups is 1. The highest BCUT2D eigenvalue weighted by molar-refractivity contribution is 5.92. The first-order chi connectivity index (χ1) is 10.3. The van der Waals surface area contributed by atoms with Crippen LogP contribution in [0.5, 0.6) is 0 Å². The van der Waals surface area contributed by atoms with E-state index in [1.165, 1.54) is 19.2 Å². The summed E-state index contributed by atoms with van der Waals surface area (Å²) in [6.45, 7) is 2.13. The summed E-state index contributed by atoms with van der Waals surface area (Å²) in [4.78, 5) is 22.3. The molecule has 2 N–H and O–H groups in total. The monoisotopic (exact) mass is 290 g/mol. The lowest BCUT2D eigenvalue weighted by atomic mass is 9.87. The van der Waals surface area contributed by atoms with E-state index in [-0.39, 0.29) is 18.0 Å². The first kappa shape index (κ1) is 14.4. The topological polar surface area (TPSA) is 78.4 Å². The molecule has 1 aromatic heterocycles. The molecule has 2 aliphatic rings. The van der Waals surface area contributed by atoms with E-state index < -0.39 is 6.10 Å². The fourth-order valence-electron chi connectivity index (χ4n) is 3.45. The molecule has 3 atom stereocenters. The van der Waals surface area contributed by atoms with E-state index in [0.29, 0.717) is 5.69 Å². The standard InChI is InChI=1S/C15H22N4O2/c20-14-11(18-15(21)12-6-7-16-10-17-12)4-3-5-13(14)19-8-1-2-9-19/h6-7,10-11,13-14,20H,1-5,8-9H2,(H,18,21)/t11-,13-,14-/m1/s1. The van der Waals surface area contributed by atoms with Crippen molar-refractivity contribution in [2.24, 2.45) is 0 Å². The van der Waals surface area contributed by atoms with Gasteiger partial charge in [0.1, 0.15) is 12.0 Å². The van der Waals surface area contributed by atoms with Gasteiger partial charge in [0.15, 0.2) is 0 Å². The van der Waals surface area contributed by atoms with Gasteiger partial charge >= 0.3 is 0 Å². The van der Waals surface area contributed by atoms with Crippen molar-refractivity contribution in [3.8, 4) is 0 Å². The second-order valence-corrected chi connectivity index (χ2v) is 5.91. The third kappa shape index (κ3) is 3.22.